The van der Waals surface area contributed by atoms with Crippen molar-refractivity contribution in [2.75, 3.05) is 30.8 Å². The first-order valence-electron chi connectivity index (χ1n) is 7.32. The molecule has 112 valence electrons. The molecule has 0 spiro atoms. The first-order chi connectivity index (χ1) is 10.3. The Hall–Kier alpha value is -1.53. The summed E-state index contributed by atoms with van der Waals surface area (Å²) in [6.07, 6.45) is 4.33. The van der Waals surface area contributed by atoms with E-state index in [1.165, 1.54) is 4.90 Å². The van der Waals surface area contributed by atoms with Crippen molar-refractivity contribution in [2.45, 2.75) is 17.7 Å². The summed E-state index contributed by atoms with van der Waals surface area (Å²) < 4.78 is 0. The van der Waals surface area contributed by atoms with Crippen LogP contribution in [0.2, 0.25) is 0 Å². The van der Waals surface area contributed by atoms with Crippen LogP contribution in [0.4, 0.5) is 5.95 Å². The van der Waals surface area contributed by atoms with E-state index in [0.29, 0.717) is 5.92 Å². The zero-order valence-electron chi connectivity index (χ0n) is 12.2. The van der Waals surface area contributed by atoms with E-state index in [1.807, 2.05) is 12.1 Å². The van der Waals surface area contributed by atoms with Gasteiger partial charge in [0.2, 0.25) is 5.95 Å². The van der Waals surface area contributed by atoms with Crippen LogP contribution in [0, 0.1) is 5.92 Å². The minimum atomic E-state index is 0.650. The molecule has 3 N–H and O–H groups in total. The van der Waals surface area contributed by atoms with Crippen LogP contribution in [0.5, 0.6) is 0 Å². The van der Waals surface area contributed by atoms with Crippen LogP contribution in [0.1, 0.15) is 12.8 Å². The Morgan fingerprint density at radius 2 is 2.10 bits per heavy atom. The van der Waals surface area contributed by atoms with Gasteiger partial charge in [-0.2, -0.15) is 4.98 Å². The van der Waals surface area contributed by atoms with Gasteiger partial charge in [0.05, 0.1) is 0 Å². The lowest BCUT2D eigenvalue weighted by Crippen LogP contribution is -2.36. The minimum absolute atomic E-state index is 0.650. The number of benzene rings is 1. The summed E-state index contributed by atoms with van der Waals surface area (Å²) in [5.74, 6) is 2.30. The van der Waals surface area contributed by atoms with Gasteiger partial charge in [0.25, 0.3) is 0 Å². The molecular weight excluding hydrogens is 282 g/mol. The number of rotatable bonds is 4. The fraction of sp³-hybridized carbons (Fsp3) is 0.467. The summed E-state index contributed by atoms with van der Waals surface area (Å²) in [6.45, 7) is 2.76. The molecule has 2 aromatic rings. The van der Waals surface area contributed by atoms with Crippen molar-refractivity contribution >= 4 is 17.7 Å². The predicted molar refractivity (Wildman–Crippen MR) is 87.6 cm³/mol. The highest BCUT2D eigenvalue weighted by atomic mass is 32.2. The summed E-state index contributed by atoms with van der Waals surface area (Å²) in [5.41, 5.74) is 6.85. The second kappa shape index (κ2) is 6.49. The number of aromatic amines is 1. The normalized spacial score (nSPS) is 16.4. The summed E-state index contributed by atoms with van der Waals surface area (Å²) in [4.78, 5) is 8.13. The molecule has 0 amide bonds. The molecule has 0 unspecified atom stereocenters. The van der Waals surface area contributed by atoms with Crippen LogP contribution in [0.3, 0.4) is 0 Å². The van der Waals surface area contributed by atoms with Gasteiger partial charge in [-0.3, -0.25) is 5.10 Å². The predicted octanol–water partition coefficient (Wildman–Crippen LogP) is 2.37. The molecule has 0 atom stereocenters. The molecule has 0 saturated carbocycles. The molecular formula is C15H21N5S. The van der Waals surface area contributed by atoms with E-state index in [0.717, 1.165) is 49.8 Å². The van der Waals surface area contributed by atoms with Gasteiger partial charge >= 0.3 is 0 Å². The SMILES string of the molecule is CSc1ccccc1-c1nc(N2CCC(CN)CC2)n[nH]1. The zero-order chi connectivity index (χ0) is 14.7. The quantitative estimate of drug-likeness (QED) is 0.849. The van der Waals surface area contributed by atoms with Gasteiger partial charge in [0.15, 0.2) is 5.82 Å². The van der Waals surface area contributed by atoms with Gasteiger partial charge in [-0.1, -0.05) is 18.2 Å². The van der Waals surface area contributed by atoms with E-state index in [4.69, 9.17) is 5.73 Å². The van der Waals surface area contributed by atoms with Crippen LogP contribution < -0.4 is 10.6 Å². The van der Waals surface area contributed by atoms with Crippen molar-refractivity contribution in [3.8, 4) is 11.4 Å². The lowest BCUT2D eigenvalue weighted by atomic mass is 9.97. The average Bonchev–Trinajstić information content (AvgIpc) is 3.04. The van der Waals surface area contributed by atoms with E-state index >= 15 is 0 Å². The minimum Gasteiger partial charge on any atom is -0.340 e. The molecule has 1 saturated heterocycles. The number of anilines is 1. The molecule has 1 fully saturated rings. The standard InChI is InChI=1S/C15H21N5S/c1-21-13-5-3-2-4-12(13)14-17-15(19-18-14)20-8-6-11(10-16)7-9-20/h2-5,11H,6-10,16H2,1H3,(H,17,18,19). The van der Waals surface area contributed by atoms with Gasteiger partial charge in [-0.25, -0.2) is 0 Å². The summed E-state index contributed by atoms with van der Waals surface area (Å²) in [6, 6.07) is 8.26. The Kier molecular flexibility index (Phi) is 4.45. The van der Waals surface area contributed by atoms with E-state index in [9.17, 15) is 0 Å². The van der Waals surface area contributed by atoms with Crippen LogP contribution in [0.15, 0.2) is 29.2 Å². The maximum atomic E-state index is 5.74. The number of nitrogens with zero attached hydrogens (tertiary/aromatic N) is 3. The summed E-state index contributed by atoms with van der Waals surface area (Å²) >= 11 is 1.72. The van der Waals surface area contributed by atoms with Crippen LogP contribution in [0.25, 0.3) is 11.4 Å². The molecule has 3 rings (SSSR count). The lowest BCUT2D eigenvalue weighted by molar-refractivity contribution is 0.411. The highest BCUT2D eigenvalue weighted by Gasteiger charge is 2.21. The van der Waals surface area contributed by atoms with Crippen molar-refractivity contribution in [3.05, 3.63) is 24.3 Å². The number of hydrogen-bond donors (Lipinski definition) is 2. The summed E-state index contributed by atoms with van der Waals surface area (Å²) in [7, 11) is 0. The number of H-pyrrole nitrogens is 1. The van der Waals surface area contributed by atoms with Crippen molar-refractivity contribution in [3.63, 3.8) is 0 Å². The highest BCUT2D eigenvalue weighted by molar-refractivity contribution is 7.98. The Balaban J connectivity index is 1.78. The molecule has 0 bridgehead atoms. The third-order valence-electron chi connectivity index (χ3n) is 4.07. The van der Waals surface area contributed by atoms with E-state index in [-0.39, 0.29) is 0 Å². The number of thioether (sulfide) groups is 1. The van der Waals surface area contributed by atoms with Gasteiger partial charge in [0.1, 0.15) is 0 Å². The van der Waals surface area contributed by atoms with E-state index < -0.39 is 0 Å². The van der Waals surface area contributed by atoms with Crippen LogP contribution >= 0.6 is 11.8 Å². The molecule has 0 radical (unpaired) electrons. The van der Waals surface area contributed by atoms with Crippen molar-refractivity contribution < 1.29 is 0 Å². The van der Waals surface area contributed by atoms with Gasteiger partial charge in [0, 0.05) is 23.5 Å². The third-order valence-corrected chi connectivity index (χ3v) is 4.86. The molecule has 1 aliphatic heterocycles. The smallest absolute Gasteiger partial charge is 0.245 e. The zero-order valence-corrected chi connectivity index (χ0v) is 13.1. The van der Waals surface area contributed by atoms with Crippen molar-refractivity contribution in [1.29, 1.82) is 0 Å². The second-order valence-electron chi connectivity index (χ2n) is 5.35. The maximum absolute atomic E-state index is 5.74. The monoisotopic (exact) mass is 303 g/mol. The molecule has 21 heavy (non-hydrogen) atoms. The molecule has 1 aromatic carbocycles. The fourth-order valence-electron chi connectivity index (χ4n) is 2.72. The highest BCUT2D eigenvalue weighted by Crippen LogP contribution is 2.29. The molecule has 6 heteroatoms. The molecule has 0 aliphatic carbocycles. The van der Waals surface area contributed by atoms with Crippen LogP contribution in [-0.4, -0.2) is 41.1 Å². The molecule has 1 aromatic heterocycles. The Labute approximate surface area is 129 Å². The Morgan fingerprint density at radius 3 is 2.81 bits per heavy atom. The average molecular weight is 303 g/mol. The fourth-order valence-corrected chi connectivity index (χ4v) is 3.32. The van der Waals surface area contributed by atoms with Gasteiger partial charge < -0.3 is 10.6 Å². The van der Waals surface area contributed by atoms with Crippen molar-refractivity contribution in [1.82, 2.24) is 15.2 Å². The lowest BCUT2D eigenvalue weighted by Gasteiger charge is -2.30. The van der Waals surface area contributed by atoms with Crippen LogP contribution in [-0.2, 0) is 0 Å². The van der Waals surface area contributed by atoms with Gasteiger partial charge in [-0.05, 0) is 37.6 Å². The second-order valence-corrected chi connectivity index (χ2v) is 6.20. The Bertz CT molecular complexity index is 589. The first kappa shape index (κ1) is 14.4. The number of nitrogens with two attached hydrogens (primary N) is 1. The van der Waals surface area contributed by atoms with E-state index in [2.05, 4.69) is 38.5 Å². The topological polar surface area (TPSA) is 70.8 Å². The van der Waals surface area contributed by atoms with E-state index in [1.54, 1.807) is 11.8 Å². The molecule has 5 nitrogen and oxygen atoms in total. The first-order valence-corrected chi connectivity index (χ1v) is 8.55. The molecule has 1 aliphatic rings. The number of nitrogens with one attached hydrogen (secondary N) is 1. The largest absolute Gasteiger partial charge is 0.340 e. The third kappa shape index (κ3) is 3.06. The molecule has 2 heterocycles. The number of aromatic nitrogens is 3. The number of hydrogen-bond acceptors (Lipinski definition) is 5. The summed E-state index contributed by atoms with van der Waals surface area (Å²) in [5, 5.41) is 7.47. The Morgan fingerprint density at radius 1 is 1.33 bits per heavy atom. The maximum Gasteiger partial charge on any atom is 0.245 e. The van der Waals surface area contributed by atoms with Crippen molar-refractivity contribution in [2.24, 2.45) is 11.7 Å². The van der Waals surface area contributed by atoms with Gasteiger partial charge in [-0.15, -0.1) is 16.9 Å². The number of piperidine rings is 1.